The molecule has 0 saturated carbocycles. The topological polar surface area (TPSA) is 88.1 Å². The van der Waals surface area contributed by atoms with Crippen molar-refractivity contribution in [2.75, 3.05) is 13.1 Å². The number of piperidine rings is 1. The van der Waals surface area contributed by atoms with Gasteiger partial charge in [-0.25, -0.2) is 9.59 Å². The van der Waals surface area contributed by atoms with Crippen LogP contribution < -0.4 is 5.32 Å². The van der Waals surface area contributed by atoms with Crippen LogP contribution in [0.4, 0.5) is 9.59 Å². The van der Waals surface area contributed by atoms with Crippen molar-refractivity contribution in [2.24, 2.45) is 0 Å². The third kappa shape index (κ3) is 6.62. The van der Waals surface area contributed by atoms with Crippen molar-refractivity contribution >= 4 is 12.2 Å². The van der Waals surface area contributed by atoms with Crippen LogP contribution in [-0.2, 0) is 16.1 Å². The van der Waals surface area contributed by atoms with Crippen molar-refractivity contribution < 1.29 is 24.2 Å². The molecule has 2 amide bonds. The average Bonchev–Trinajstić information content (AvgIpc) is 2.51. The largest absolute Gasteiger partial charge is 0.445 e. The highest BCUT2D eigenvalue weighted by Crippen LogP contribution is 2.14. The number of benzene rings is 1. The fourth-order valence-corrected chi connectivity index (χ4v) is 2.61. The number of aliphatic hydroxyl groups excluding tert-OH is 1. The van der Waals surface area contributed by atoms with Gasteiger partial charge in [0.15, 0.2) is 0 Å². The van der Waals surface area contributed by atoms with Gasteiger partial charge in [-0.05, 0) is 32.8 Å². The molecule has 7 nitrogen and oxygen atoms in total. The van der Waals surface area contributed by atoms with Crippen molar-refractivity contribution in [1.29, 1.82) is 0 Å². The predicted octanol–water partition coefficient (Wildman–Crippen LogP) is 2.28. The molecule has 0 aliphatic carbocycles. The van der Waals surface area contributed by atoms with Crippen molar-refractivity contribution in [3.8, 4) is 0 Å². The number of rotatable bonds is 3. The first-order valence-electron chi connectivity index (χ1n) is 8.36. The molecule has 2 rings (SSSR count). The smallest absolute Gasteiger partial charge is 0.410 e. The van der Waals surface area contributed by atoms with Crippen LogP contribution in [0.2, 0.25) is 0 Å². The molecule has 7 heteroatoms. The van der Waals surface area contributed by atoms with Crippen LogP contribution in [0.1, 0.15) is 32.8 Å². The van der Waals surface area contributed by atoms with Crippen molar-refractivity contribution in [1.82, 2.24) is 10.2 Å². The summed E-state index contributed by atoms with van der Waals surface area (Å²) in [7, 11) is 0. The molecular weight excluding hydrogens is 324 g/mol. The summed E-state index contributed by atoms with van der Waals surface area (Å²) in [5.41, 5.74) is 0.280. The second-order valence-electron chi connectivity index (χ2n) is 7.18. The van der Waals surface area contributed by atoms with E-state index >= 15 is 0 Å². The van der Waals surface area contributed by atoms with Gasteiger partial charge in [-0.2, -0.15) is 0 Å². The Kier molecular flexibility index (Phi) is 6.25. The molecule has 1 fully saturated rings. The van der Waals surface area contributed by atoms with Crippen molar-refractivity contribution in [2.45, 2.75) is 51.5 Å². The minimum Gasteiger partial charge on any atom is -0.445 e. The molecule has 2 N–H and O–H groups in total. The molecule has 0 spiro atoms. The fraction of sp³-hybridized carbons (Fsp3) is 0.556. The highest BCUT2D eigenvalue weighted by Gasteiger charge is 2.31. The summed E-state index contributed by atoms with van der Waals surface area (Å²) in [5.74, 6) is 0. The first-order chi connectivity index (χ1) is 11.7. The summed E-state index contributed by atoms with van der Waals surface area (Å²) in [6, 6.07) is 8.97. The van der Waals surface area contributed by atoms with Crippen LogP contribution in [0, 0.1) is 0 Å². The van der Waals surface area contributed by atoms with E-state index in [2.05, 4.69) is 5.32 Å². The lowest BCUT2D eigenvalue weighted by Crippen LogP contribution is -2.54. The predicted molar refractivity (Wildman–Crippen MR) is 92.0 cm³/mol. The number of ether oxygens (including phenoxy) is 2. The number of alkyl carbamates (subject to hydrolysis) is 1. The van der Waals surface area contributed by atoms with E-state index in [1.54, 1.807) is 20.8 Å². The summed E-state index contributed by atoms with van der Waals surface area (Å²) in [4.78, 5) is 25.5. The number of aliphatic hydroxyl groups is 1. The molecule has 1 aromatic carbocycles. The molecule has 0 radical (unpaired) electrons. The van der Waals surface area contributed by atoms with Gasteiger partial charge < -0.3 is 24.8 Å². The normalized spacial score (nSPS) is 20.7. The molecule has 25 heavy (non-hydrogen) atoms. The van der Waals surface area contributed by atoms with Crippen LogP contribution in [-0.4, -0.2) is 53.0 Å². The summed E-state index contributed by atoms with van der Waals surface area (Å²) < 4.78 is 10.5. The first kappa shape index (κ1) is 19.1. The standard InChI is InChI=1S/C18H26N2O5/c1-18(2,3)25-16(22)19-14-9-15(21)11-20(10-14)17(23)24-12-13-7-5-4-6-8-13/h4-8,14-15,21H,9-12H2,1-3H3,(H,19,22)/t14-,15-/m1/s1. The van der Waals surface area contributed by atoms with Gasteiger partial charge in [0.25, 0.3) is 0 Å². The van der Waals surface area contributed by atoms with E-state index in [-0.39, 0.29) is 25.7 Å². The van der Waals surface area contributed by atoms with Crippen LogP contribution in [0.15, 0.2) is 30.3 Å². The van der Waals surface area contributed by atoms with Crippen LogP contribution in [0.25, 0.3) is 0 Å². The second kappa shape index (κ2) is 8.20. The SMILES string of the molecule is CC(C)(C)OC(=O)N[C@@H]1C[C@@H](O)CN(C(=O)OCc2ccccc2)C1. The molecule has 2 atom stereocenters. The summed E-state index contributed by atoms with van der Waals surface area (Å²) in [5, 5.41) is 12.7. The van der Waals surface area contributed by atoms with E-state index < -0.39 is 23.9 Å². The van der Waals surface area contributed by atoms with E-state index in [0.717, 1.165) is 5.56 Å². The van der Waals surface area contributed by atoms with Gasteiger partial charge in [0.2, 0.25) is 0 Å². The highest BCUT2D eigenvalue weighted by molar-refractivity contribution is 5.69. The Balaban J connectivity index is 1.86. The Hall–Kier alpha value is -2.28. The fourth-order valence-electron chi connectivity index (χ4n) is 2.61. The van der Waals surface area contributed by atoms with Crippen LogP contribution in [0.3, 0.4) is 0 Å². The summed E-state index contributed by atoms with van der Waals surface area (Å²) in [6.07, 6.45) is -1.44. The molecule has 1 heterocycles. The number of nitrogens with one attached hydrogen (secondary N) is 1. The maximum absolute atomic E-state index is 12.2. The van der Waals surface area contributed by atoms with Gasteiger partial charge in [0, 0.05) is 6.54 Å². The molecular formula is C18H26N2O5. The van der Waals surface area contributed by atoms with Gasteiger partial charge in [-0.1, -0.05) is 30.3 Å². The van der Waals surface area contributed by atoms with E-state index in [9.17, 15) is 14.7 Å². The number of nitrogens with zero attached hydrogens (tertiary/aromatic N) is 1. The van der Waals surface area contributed by atoms with Gasteiger partial charge in [-0.15, -0.1) is 0 Å². The number of carbonyl (C=O) groups is 2. The lowest BCUT2D eigenvalue weighted by molar-refractivity contribution is 0.0234. The molecule has 1 aromatic rings. The summed E-state index contributed by atoms with van der Waals surface area (Å²) >= 11 is 0. The maximum atomic E-state index is 12.2. The van der Waals surface area contributed by atoms with Crippen molar-refractivity contribution in [3.63, 3.8) is 0 Å². The zero-order valence-electron chi connectivity index (χ0n) is 14.9. The van der Waals surface area contributed by atoms with E-state index in [0.29, 0.717) is 6.42 Å². The van der Waals surface area contributed by atoms with Gasteiger partial charge in [0.1, 0.15) is 12.2 Å². The first-order valence-corrected chi connectivity index (χ1v) is 8.36. The summed E-state index contributed by atoms with van der Waals surface area (Å²) in [6.45, 7) is 5.93. The monoisotopic (exact) mass is 350 g/mol. The second-order valence-corrected chi connectivity index (χ2v) is 7.18. The maximum Gasteiger partial charge on any atom is 0.410 e. The number of hydrogen-bond donors (Lipinski definition) is 2. The van der Waals surface area contributed by atoms with E-state index in [4.69, 9.17) is 9.47 Å². The van der Waals surface area contributed by atoms with Gasteiger partial charge in [-0.3, -0.25) is 0 Å². The van der Waals surface area contributed by atoms with E-state index in [1.165, 1.54) is 4.90 Å². The van der Waals surface area contributed by atoms with Gasteiger partial charge in [0.05, 0.1) is 18.7 Å². The number of amides is 2. The van der Waals surface area contributed by atoms with Gasteiger partial charge >= 0.3 is 12.2 Å². The zero-order valence-corrected chi connectivity index (χ0v) is 14.9. The number of carbonyl (C=O) groups excluding carboxylic acids is 2. The lowest BCUT2D eigenvalue weighted by Gasteiger charge is -2.35. The quantitative estimate of drug-likeness (QED) is 0.873. The third-order valence-corrected chi connectivity index (χ3v) is 3.61. The van der Waals surface area contributed by atoms with Crippen molar-refractivity contribution in [3.05, 3.63) is 35.9 Å². The van der Waals surface area contributed by atoms with Crippen LogP contribution >= 0.6 is 0 Å². The molecule has 0 unspecified atom stereocenters. The Morgan fingerprint density at radius 2 is 1.92 bits per heavy atom. The highest BCUT2D eigenvalue weighted by atomic mass is 16.6. The number of likely N-dealkylation sites (tertiary alicyclic amines) is 1. The van der Waals surface area contributed by atoms with Crippen LogP contribution in [0.5, 0.6) is 0 Å². The third-order valence-electron chi connectivity index (χ3n) is 3.61. The minimum absolute atomic E-state index is 0.163. The average molecular weight is 350 g/mol. The molecule has 138 valence electrons. The van der Waals surface area contributed by atoms with E-state index in [1.807, 2.05) is 30.3 Å². The zero-order chi connectivity index (χ0) is 18.4. The Morgan fingerprint density at radius 3 is 2.56 bits per heavy atom. The number of hydrogen-bond acceptors (Lipinski definition) is 5. The molecule has 0 bridgehead atoms. The Labute approximate surface area is 147 Å². The minimum atomic E-state index is -0.724. The molecule has 1 aliphatic heterocycles. The number of β-amino-alcohol motifs (C(OH)–C–C–N with tert-alkyl or cyclic N) is 1. The Bertz CT molecular complexity index is 585. The lowest BCUT2D eigenvalue weighted by atomic mass is 10.0. The molecule has 1 saturated heterocycles. The molecule has 1 aliphatic rings. The Morgan fingerprint density at radius 1 is 1.24 bits per heavy atom. The molecule has 0 aromatic heterocycles.